The Balaban J connectivity index is 1.47. The third kappa shape index (κ3) is 4.30. The Kier molecular flexibility index (Phi) is 6.28. The predicted molar refractivity (Wildman–Crippen MR) is 134 cm³/mol. The van der Waals surface area contributed by atoms with Crippen molar-refractivity contribution >= 4 is 29.0 Å². The van der Waals surface area contributed by atoms with Crippen molar-refractivity contribution < 1.29 is 9.53 Å². The lowest BCUT2D eigenvalue weighted by atomic mass is 9.98. The molecule has 5 rings (SSSR count). The molecule has 8 nitrogen and oxygen atoms in total. The predicted octanol–water partition coefficient (Wildman–Crippen LogP) is 4.66. The van der Waals surface area contributed by atoms with Crippen LogP contribution < -0.4 is 9.64 Å². The SMILES string of the molecule is COc1ccc(Cl)cc1C(=O)N1CCCC[C@H]1c1cc2nc(N3C[C@@H](C#N)[C@@H](C)C3)c(C)cn2n1. The molecular weight excluding hydrogens is 464 g/mol. The largest absolute Gasteiger partial charge is 0.496 e. The van der Waals surface area contributed by atoms with E-state index in [1.54, 1.807) is 29.8 Å². The number of amides is 1. The van der Waals surface area contributed by atoms with Crippen LogP contribution in [0.2, 0.25) is 5.02 Å². The number of nitriles is 1. The number of nitrogens with zero attached hydrogens (tertiary/aromatic N) is 6. The molecule has 1 aromatic carbocycles. The molecule has 2 aliphatic heterocycles. The topological polar surface area (TPSA) is 86.8 Å². The first-order valence-corrected chi connectivity index (χ1v) is 12.4. The van der Waals surface area contributed by atoms with E-state index in [2.05, 4.69) is 17.9 Å². The first-order chi connectivity index (χ1) is 16.9. The highest BCUT2D eigenvalue weighted by Gasteiger charge is 2.33. The molecule has 4 heterocycles. The summed E-state index contributed by atoms with van der Waals surface area (Å²) in [6, 6.07) is 9.36. The summed E-state index contributed by atoms with van der Waals surface area (Å²) in [5.74, 6) is 1.62. The number of likely N-dealkylation sites (tertiary alicyclic amines) is 1. The van der Waals surface area contributed by atoms with Gasteiger partial charge in [0.05, 0.1) is 36.4 Å². The summed E-state index contributed by atoms with van der Waals surface area (Å²) in [5.41, 5.74) is 3.04. The van der Waals surface area contributed by atoms with Crippen molar-refractivity contribution in [2.75, 3.05) is 31.6 Å². The molecule has 35 heavy (non-hydrogen) atoms. The van der Waals surface area contributed by atoms with Gasteiger partial charge in [0, 0.05) is 42.5 Å². The van der Waals surface area contributed by atoms with Gasteiger partial charge in [-0.15, -0.1) is 0 Å². The number of methoxy groups -OCH3 is 1. The highest BCUT2D eigenvalue weighted by Crippen LogP contribution is 2.35. The van der Waals surface area contributed by atoms with Crippen molar-refractivity contribution in [3.8, 4) is 11.8 Å². The summed E-state index contributed by atoms with van der Waals surface area (Å²) in [5, 5.41) is 14.8. The van der Waals surface area contributed by atoms with Crippen LogP contribution in [0.15, 0.2) is 30.5 Å². The Labute approximate surface area is 210 Å². The van der Waals surface area contributed by atoms with Gasteiger partial charge in [-0.3, -0.25) is 4.79 Å². The van der Waals surface area contributed by atoms with E-state index in [1.807, 2.05) is 24.1 Å². The molecule has 0 aliphatic carbocycles. The van der Waals surface area contributed by atoms with Gasteiger partial charge < -0.3 is 14.5 Å². The second kappa shape index (κ2) is 9.38. The Morgan fingerprint density at radius 3 is 2.83 bits per heavy atom. The number of carbonyl (C=O) groups is 1. The summed E-state index contributed by atoms with van der Waals surface area (Å²) >= 11 is 6.20. The number of carbonyl (C=O) groups excluding carboxylic acids is 1. The number of ether oxygens (including phenoxy) is 1. The van der Waals surface area contributed by atoms with Crippen LogP contribution in [0.1, 0.15) is 53.8 Å². The maximum Gasteiger partial charge on any atom is 0.258 e. The van der Waals surface area contributed by atoms with E-state index in [1.165, 1.54) is 0 Å². The van der Waals surface area contributed by atoms with Crippen LogP contribution >= 0.6 is 11.6 Å². The van der Waals surface area contributed by atoms with Gasteiger partial charge in [-0.25, -0.2) is 9.50 Å². The van der Waals surface area contributed by atoms with Crippen molar-refractivity contribution in [2.45, 2.75) is 39.2 Å². The normalized spacial score (nSPS) is 22.4. The minimum Gasteiger partial charge on any atom is -0.496 e. The molecule has 182 valence electrons. The van der Waals surface area contributed by atoms with Crippen molar-refractivity contribution in [2.24, 2.45) is 11.8 Å². The quantitative estimate of drug-likeness (QED) is 0.526. The zero-order valence-corrected chi connectivity index (χ0v) is 21.0. The maximum absolute atomic E-state index is 13.6. The Bertz CT molecular complexity index is 1320. The average Bonchev–Trinajstić information content (AvgIpc) is 3.45. The summed E-state index contributed by atoms with van der Waals surface area (Å²) in [4.78, 5) is 22.6. The highest BCUT2D eigenvalue weighted by atomic mass is 35.5. The van der Waals surface area contributed by atoms with Gasteiger partial charge >= 0.3 is 0 Å². The first kappa shape index (κ1) is 23.4. The summed E-state index contributed by atoms with van der Waals surface area (Å²) < 4.78 is 7.24. The number of aryl methyl sites for hydroxylation is 1. The number of aromatic nitrogens is 3. The van der Waals surface area contributed by atoms with Crippen LogP contribution in [0.4, 0.5) is 5.82 Å². The number of halogens is 1. The number of anilines is 1. The smallest absolute Gasteiger partial charge is 0.258 e. The molecule has 2 aliphatic rings. The summed E-state index contributed by atoms with van der Waals surface area (Å²) in [6.07, 6.45) is 4.78. The van der Waals surface area contributed by atoms with E-state index < -0.39 is 0 Å². The van der Waals surface area contributed by atoms with Gasteiger partial charge in [0.2, 0.25) is 0 Å². The fourth-order valence-electron chi connectivity index (χ4n) is 5.29. The monoisotopic (exact) mass is 492 g/mol. The van der Waals surface area contributed by atoms with Gasteiger partial charge in [0.15, 0.2) is 5.65 Å². The molecule has 3 aromatic rings. The number of piperidine rings is 1. The van der Waals surface area contributed by atoms with Crippen molar-refractivity contribution in [3.05, 3.63) is 52.3 Å². The van der Waals surface area contributed by atoms with Crippen LogP contribution in [0.25, 0.3) is 5.65 Å². The van der Waals surface area contributed by atoms with E-state index in [9.17, 15) is 10.1 Å². The maximum atomic E-state index is 13.6. The van der Waals surface area contributed by atoms with Crippen LogP contribution in [0, 0.1) is 30.1 Å². The average molecular weight is 493 g/mol. The van der Waals surface area contributed by atoms with E-state index in [0.29, 0.717) is 35.3 Å². The fraction of sp³-hybridized carbons (Fsp3) is 0.462. The second-order valence-electron chi connectivity index (χ2n) is 9.59. The fourth-order valence-corrected chi connectivity index (χ4v) is 5.47. The molecule has 2 saturated heterocycles. The molecule has 0 unspecified atom stereocenters. The molecule has 0 bridgehead atoms. The number of hydrogen-bond donors (Lipinski definition) is 0. The lowest BCUT2D eigenvalue weighted by Gasteiger charge is -2.35. The van der Waals surface area contributed by atoms with Crippen LogP contribution in [-0.4, -0.2) is 52.1 Å². The molecule has 3 atom stereocenters. The van der Waals surface area contributed by atoms with E-state index in [-0.39, 0.29) is 17.9 Å². The molecule has 1 amide bonds. The van der Waals surface area contributed by atoms with Crippen LogP contribution in [-0.2, 0) is 0 Å². The first-order valence-electron chi connectivity index (χ1n) is 12.1. The van der Waals surface area contributed by atoms with Crippen molar-refractivity contribution in [1.82, 2.24) is 19.5 Å². The van der Waals surface area contributed by atoms with Gasteiger partial charge in [-0.1, -0.05) is 18.5 Å². The molecule has 0 radical (unpaired) electrons. The third-order valence-electron chi connectivity index (χ3n) is 7.20. The van der Waals surface area contributed by atoms with Gasteiger partial charge in [0.1, 0.15) is 11.6 Å². The molecule has 0 saturated carbocycles. The third-order valence-corrected chi connectivity index (χ3v) is 7.43. The second-order valence-corrected chi connectivity index (χ2v) is 10.0. The minimum absolute atomic E-state index is 0.0122. The van der Waals surface area contributed by atoms with Gasteiger partial charge in [-0.2, -0.15) is 10.4 Å². The zero-order chi connectivity index (χ0) is 24.7. The number of fused-ring (bicyclic) bond motifs is 1. The van der Waals surface area contributed by atoms with E-state index in [4.69, 9.17) is 26.4 Å². The zero-order valence-electron chi connectivity index (χ0n) is 20.2. The Morgan fingerprint density at radius 2 is 2.09 bits per heavy atom. The lowest BCUT2D eigenvalue weighted by Crippen LogP contribution is -2.38. The molecule has 2 fully saturated rings. The molecule has 9 heteroatoms. The van der Waals surface area contributed by atoms with E-state index in [0.717, 1.165) is 48.5 Å². The van der Waals surface area contributed by atoms with Crippen LogP contribution in [0.5, 0.6) is 5.75 Å². The van der Waals surface area contributed by atoms with Crippen molar-refractivity contribution in [1.29, 1.82) is 5.26 Å². The number of rotatable bonds is 4. The molecule has 0 spiro atoms. The number of benzene rings is 1. The number of hydrogen-bond acceptors (Lipinski definition) is 6. The van der Waals surface area contributed by atoms with E-state index >= 15 is 0 Å². The van der Waals surface area contributed by atoms with Crippen molar-refractivity contribution in [3.63, 3.8) is 0 Å². The summed E-state index contributed by atoms with van der Waals surface area (Å²) in [7, 11) is 1.56. The molecule has 2 aromatic heterocycles. The van der Waals surface area contributed by atoms with Crippen LogP contribution in [0.3, 0.4) is 0 Å². The summed E-state index contributed by atoms with van der Waals surface area (Å²) in [6.45, 7) is 6.29. The lowest BCUT2D eigenvalue weighted by molar-refractivity contribution is 0.0602. The Morgan fingerprint density at radius 1 is 1.26 bits per heavy atom. The highest BCUT2D eigenvalue weighted by molar-refractivity contribution is 6.31. The van der Waals surface area contributed by atoms with Gasteiger partial charge in [0.25, 0.3) is 5.91 Å². The Hall–Kier alpha value is -3.31. The molecule has 0 N–H and O–H groups in total. The minimum atomic E-state index is -0.153. The standard InChI is InChI=1S/C26H29ClN6O2/c1-16-13-31(15-18(16)12-28)25-17(2)14-33-24(29-25)11-21(30-33)22-6-4-5-9-32(22)26(34)20-10-19(27)7-8-23(20)35-3/h7-8,10-11,14,16,18,22H,4-6,9,13,15H2,1-3H3/t16-,18+,22-/m0/s1. The van der Waals surface area contributed by atoms with Gasteiger partial charge in [-0.05, 0) is 50.3 Å². The molecular formula is C26H29ClN6O2.